The number of aliphatic imine (C=N–C) groups is 1. The first-order valence-electron chi connectivity index (χ1n) is 7.77. The van der Waals surface area contributed by atoms with Crippen LogP contribution in [0.1, 0.15) is 26.5 Å². The SMILES string of the molecule is CN=C(NCC(C)(O)c1ccco1)N1CCSC(C(C)C)C1.I. The number of halogens is 1. The topological polar surface area (TPSA) is 61.0 Å². The minimum absolute atomic E-state index is 0. The van der Waals surface area contributed by atoms with Gasteiger partial charge in [0.15, 0.2) is 5.96 Å². The van der Waals surface area contributed by atoms with E-state index in [0.29, 0.717) is 23.5 Å². The van der Waals surface area contributed by atoms with Gasteiger partial charge in [0.05, 0.1) is 12.8 Å². The molecular weight excluding hydrogens is 425 g/mol. The van der Waals surface area contributed by atoms with E-state index in [2.05, 4.69) is 29.1 Å². The van der Waals surface area contributed by atoms with Gasteiger partial charge in [0, 0.05) is 31.1 Å². The number of hydrogen-bond acceptors (Lipinski definition) is 4. The molecule has 5 nitrogen and oxygen atoms in total. The first kappa shape index (κ1) is 20.6. The second-order valence-electron chi connectivity index (χ2n) is 6.25. The van der Waals surface area contributed by atoms with Crippen LogP contribution in [0.15, 0.2) is 27.8 Å². The molecule has 7 heteroatoms. The van der Waals surface area contributed by atoms with E-state index in [4.69, 9.17) is 4.42 Å². The van der Waals surface area contributed by atoms with E-state index in [1.165, 1.54) is 0 Å². The molecule has 23 heavy (non-hydrogen) atoms. The summed E-state index contributed by atoms with van der Waals surface area (Å²) in [5.74, 6) is 3.16. The molecule has 0 saturated carbocycles. The number of nitrogens with zero attached hydrogens (tertiary/aromatic N) is 2. The molecule has 1 fully saturated rings. The standard InChI is InChI=1S/C16H27N3O2S.HI/c1-12(2)13-10-19(7-9-22-13)15(17-4)18-11-16(3,20)14-6-5-8-21-14;/h5-6,8,12-13,20H,7,9-11H2,1-4H3,(H,17,18);1H. The van der Waals surface area contributed by atoms with Crippen LogP contribution in [0.25, 0.3) is 0 Å². The third-order valence-electron chi connectivity index (χ3n) is 3.99. The zero-order valence-electron chi connectivity index (χ0n) is 14.3. The second-order valence-corrected chi connectivity index (χ2v) is 7.60. The van der Waals surface area contributed by atoms with Gasteiger partial charge in [-0.2, -0.15) is 11.8 Å². The summed E-state index contributed by atoms with van der Waals surface area (Å²) in [4.78, 5) is 6.65. The van der Waals surface area contributed by atoms with Gasteiger partial charge in [-0.05, 0) is 25.0 Å². The minimum Gasteiger partial charge on any atom is -0.466 e. The fourth-order valence-corrected chi connectivity index (χ4v) is 3.83. The smallest absolute Gasteiger partial charge is 0.193 e. The first-order valence-corrected chi connectivity index (χ1v) is 8.82. The maximum atomic E-state index is 10.5. The lowest BCUT2D eigenvalue weighted by molar-refractivity contribution is 0.0380. The number of thioether (sulfide) groups is 1. The molecule has 0 aliphatic carbocycles. The lowest BCUT2D eigenvalue weighted by Crippen LogP contribution is -2.51. The molecule has 2 atom stereocenters. The zero-order chi connectivity index (χ0) is 16.2. The van der Waals surface area contributed by atoms with Crippen LogP contribution in [0.3, 0.4) is 0 Å². The summed E-state index contributed by atoms with van der Waals surface area (Å²) in [7, 11) is 1.79. The van der Waals surface area contributed by atoms with Crippen molar-refractivity contribution in [3.8, 4) is 0 Å². The van der Waals surface area contributed by atoms with Crippen molar-refractivity contribution < 1.29 is 9.52 Å². The molecule has 1 aromatic rings. The Morgan fingerprint density at radius 2 is 2.35 bits per heavy atom. The van der Waals surface area contributed by atoms with Crippen molar-refractivity contribution in [2.75, 3.05) is 32.4 Å². The van der Waals surface area contributed by atoms with Gasteiger partial charge in [0.1, 0.15) is 11.4 Å². The summed E-state index contributed by atoms with van der Waals surface area (Å²) in [5, 5.41) is 14.4. The molecule has 1 aliphatic rings. The Bertz CT molecular complexity index is 492. The fourth-order valence-electron chi connectivity index (χ4n) is 2.53. The second kappa shape index (κ2) is 9.17. The predicted octanol–water partition coefficient (Wildman–Crippen LogP) is 2.75. The van der Waals surface area contributed by atoms with Crippen molar-refractivity contribution in [1.82, 2.24) is 10.2 Å². The summed E-state index contributed by atoms with van der Waals surface area (Å²) in [6.07, 6.45) is 1.58. The lowest BCUT2D eigenvalue weighted by atomic mass is 10.0. The monoisotopic (exact) mass is 453 g/mol. The van der Waals surface area contributed by atoms with Crippen LogP contribution in [-0.2, 0) is 5.60 Å². The largest absolute Gasteiger partial charge is 0.466 e. The summed E-state index contributed by atoms with van der Waals surface area (Å²) >= 11 is 2.04. The quantitative estimate of drug-likeness (QED) is 0.417. The Balaban J connectivity index is 0.00000264. The van der Waals surface area contributed by atoms with Crippen molar-refractivity contribution in [3.63, 3.8) is 0 Å². The lowest BCUT2D eigenvalue weighted by Gasteiger charge is -2.37. The molecule has 1 saturated heterocycles. The van der Waals surface area contributed by atoms with Gasteiger partial charge in [0.2, 0.25) is 0 Å². The summed E-state index contributed by atoms with van der Waals surface area (Å²) in [5.41, 5.74) is -1.05. The summed E-state index contributed by atoms with van der Waals surface area (Å²) < 4.78 is 5.31. The molecule has 2 heterocycles. The predicted molar refractivity (Wildman–Crippen MR) is 108 cm³/mol. The van der Waals surface area contributed by atoms with E-state index in [1.807, 2.05) is 11.8 Å². The Hall–Kier alpha value is -0.410. The van der Waals surface area contributed by atoms with Crippen LogP contribution < -0.4 is 5.32 Å². The van der Waals surface area contributed by atoms with Crippen LogP contribution in [-0.4, -0.2) is 53.7 Å². The van der Waals surface area contributed by atoms with Crippen molar-refractivity contribution in [3.05, 3.63) is 24.2 Å². The third-order valence-corrected chi connectivity index (χ3v) is 5.53. The fraction of sp³-hybridized carbons (Fsp3) is 0.688. The number of hydrogen-bond donors (Lipinski definition) is 2. The van der Waals surface area contributed by atoms with E-state index >= 15 is 0 Å². The molecule has 2 unspecified atom stereocenters. The van der Waals surface area contributed by atoms with E-state index in [1.54, 1.807) is 32.4 Å². The third kappa shape index (κ3) is 5.56. The van der Waals surface area contributed by atoms with Gasteiger partial charge < -0.3 is 19.7 Å². The van der Waals surface area contributed by atoms with Crippen LogP contribution in [0.5, 0.6) is 0 Å². The molecule has 0 aromatic carbocycles. The molecule has 132 valence electrons. The van der Waals surface area contributed by atoms with E-state index < -0.39 is 5.60 Å². The molecule has 0 radical (unpaired) electrons. The van der Waals surface area contributed by atoms with Crippen molar-refractivity contribution in [2.24, 2.45) is 10.9 Å². The Morgan fingerprint density at radius 3 is 2.91 bits per heavy atom. The van der Waals surface area contributed by atoms with Gasteiger partial charge >= 0.3 is 0 Å². The molecular formula is C16H28IN3O2S. The van der Waals surface area contributed by atoms with Crippen molar-refractivity contribution in [1.29, 1.82) is 0 Å². The summed E-state index contributed by atoms with van der Waals surface area (Å²) in [6, 6.07) is 3.57. The number of rotatable bonds is 4. The molecule has 0 amide bonds. The van der Waals surface area contributed by atoms with E-state index in [9.17, 15) is 5.11 Å². The summed E-state index contributed by atoms with van der Waals surface area (Å²) in [6.45, 7) is 8.61. The Labute approximate surface area is 160 Å². The zero-order valence-corrected chi connectivity index (χ0v) is 17.4. The highest BCUT2D eigenvalue weighted by Crippen LogP contribution is 2.25. The van der Waals surface area contributed by atoms with Gasteiger partial charge in [-0.3, -0.25) is 4.99 Å². The van der Waals surface area contributed by atoms with Crippen LogP contribution >= 0.6 is 35.7 Å². The number of guanidine groups is 1. The Kier molecular flexibility index (Phi) is 8.23. The van der Waals surface area contributed by atoms with Crippen LogP contribution in [0, 0.1) is 5.92 Å². The number of aliphatic hydroxyl groups is 1. The first-order chi connectivity index (χ1) is 10.4. The van der Waals surface area contributed by atoms with Gasteiger partial charge in [-0.1, -0.05) is 13.8 Å². The number of furan rings is 1. The maximum Gasteiger partial charge on any atom is 0.193 e. The normalized spacial score (nSPS) is 21.7. The average Bonchev–Trinajstić information content (AvgIpc) is 3.03. The van der Waals surface area contributed by atoms with Crippen molar-refractivity contribution >= 4 is 41.7 Å². The average molecular weight is 453 g/mol. The van der Waals surface area contributed by atoms with Crippen molar-refractivity contribution in [2.45, 2.75) is 31.6 Å². The maximum absolute atomic E-state index is 10.5. The van der Waals surface area contributed by atoms with Crippen LogP contribution in [0.4, 0.5) is 0 Å². The van der Waals surface area contributed by atoms with Crippen LogP contribution in [0.2, 0.25) is 0 Å². The highest BCUT2D eigenvalue weighted by molar-refractivity contribution is 14.0. The molecule has 1 aliphatic heterocycles. The minimum atomic E-state index is -1.05. The molecule has 0 spiro atoms. The van der Waals surface area contributed by atoms with E-state index in [0.717, 1.165) is 24.8 Å². The number of nitrogens with one attached hydrogen (secondary N) is 1. The van der Waals surface area contributed by atoms with Gasteiger partial charge in [-0.25, -0.2) is 0 Å². The van der Waals surface area contributed by atoms with E-state index in [-0.39, 0.29) is 24.0 Å². The van der Waals surface area contributed by atoms with Gasteiger partial charge in [-0.15, -0.1) is 24.0 Å². The molecule has 1 aromatic heterocycles. The van der Waals surface area contributed by atoms with Gasteiger partial charge in [0.25, 0.3) is 0 Å². The highest BCUT2D eigenvalue weighted by Gasteiger charge is 2.29. The molecule has 2 N–H and O–H groups in total. The Morgan fingerprint density at radius 1 is 1.61 bits per heavy atom. The molecule has 0 bridgehead atoms. The molecule has 2 rings (SSSR count). The highest BCUT2D eigenvalue weighted by atomic mass is 127.